The molecule has 18 heavy (non-hydrogen) atoms. The summed E-state index contributed by atoms with van der Waals surface area (Å²) in [4.78, 5) is 0. The molecule has 0 unspecified atom stereocenters. The fraction of sp³-hybridized carbons (Fsp3) is 0.0588. The Morgan fingerprint density at radius 3 is 2.22 bits per heavy atom. The summed E-state index contributed by atoms with van der Waals surface area (Å²) in [6.07, 6.45) is 4.13. The molecule has 0 aromatic heterocycles. The van der Waals surface area contributed by atoms with Crippen molar-refractivity contribution in [2.24, 2.45) is 0 Å². The molecule has 0 spiro atoms. The summed E-state index contributed by atoms with van der Waals surface area (Å²) in [5, 5.41) is 3.33. The highest BCUT2D eigenvalue weighted by Crippen LogP contribution is 2.07. The van der Waals surface area contributed by atoms with Gasteiger partial charge in [-0.2, -0.15) is 0 Å². The minimum atomic E-state index is 0.757. The van der Waals surface area contributed by atoms with Crippen LogP contribution in [0.2, 0.25) is 0 Å². The number of hydrogen-bond acceptors (Lipinski definition) is 1. The van der Waals surface area contributed by atoms with Gasteiger partial charge in [-0.15, -0.1) is 0 Å². The fourth-order valence-corrected chi connectivity index (χ4v) is 1.61. The van der Waals surface area contributed by atoms with Crippen LogP contribution in [0.25, 0.3) is 6.08 Å². The molecule has 0 amide bonds. The highest BCUT2D eigenvalue weighted by atomic mass is 14.9. The van der Waals surface area contributed by atoms with Gasteiger partial charge in [-0.25, -0.2) is 0 Å². The lowest BCUT2D eigenvalue weighted by Gasteiger charge is -2.05. The van der Waals surface area contributed by atoms with Crippen molar-refractivity contribution in [2.75, 3.05) is 11.9 Å². The smallest absolute Gasteiger partial charge is 0.0394 e. The molecule has 1 heteroatoms. The third kappa shape index (κ3) is 3.95. The first-order valence-corrected chi connectivity index (χ1v) is 6.04. The second kappa shape index (κ2) is 6.45. The zero-order chi connectivity index (χ0) is 12.6. The van der Waals surface area contributed by atoms with Gasteiger partial charge in [0.05, 0.1) is 0 Å². The Bertz CT molecular complexity index is 512. The van der Waals surface area contributed by atoms with Crippen LogP contribution in [0.4, 0.5) is 5.69 Å². The van der Waals surface area contributed by atoms with Crippen molar-refractivity contribution in [3.05, 3.63) is 84.5 Å². The van der Waals surface area contributed by atoms with Crippen LogP contribution in [0, 0.1) is 0 Å². The van der Waals surface area contributed by atoms with Gasteiger partial charge in [-0.1, -0.05) is 67.3 Å². The Kier molecular flexibility index (Phi) is 4.37. The highest BCUT2D eigenvalue weighted by molar-refractivity contribution is 5.53. The van der Waals surface area contributed by atoms with Crippen LogP contribution in [0.1, 0.15) is 5.56 Å². The van der Waals surface area contributed by atoms with Crippen LogP contribution in [-0.2, 0) is 0 Å². The number of nitrogens with one attached hydrogen (secondary N) is 1. The molecule has 2 rings (SSSR count). The zero-order valence-electron chi connectivity index (χ0n) is 10.3. The van der Waals surface area contributed by atoms with E-state index in [1.54, 1.807) is 0 Å². The Balaban J connectivity index is 1.84. The van der Waals surface area contributed by atoms with Gasteiger partial charge < -0.3 is 5.32 Å². The van der Waals surface area contributed by atoms with Crippen LogP contribution in [0.15, 0.2) is 78.9 Å². The van der Waals surface area contributed by atoms with Gasteiger partial charge in [0.1, 0.15) is 0 Å². The van der Waals surface area contributed by atoms with Crippen molar-refractivity contribution in [3.8, 4) is 0 Å². The lowest BCUT2D eigenvalue weighted by atomic mass is 10.1. The second-order valence-electron chi connectivity index (χ2n) is 4.12. The van der Waals surface area contributed by atoms with Crippen molar-refractivity contribution < 1.29 is 0 Å². The van der Waals surface area contributed by atoms with Crippen molar-refractivity contribution in [2.45, 2.75) is 0 Å². The predicted molar refractivity (Wildman–Crippen MR) is 79.5 cm³/mol. The standard InChI is InChI=1S/C17H17N/c1-15(12-13-16-8-4-2-5-9-16)14-18-17-10-6-3-7-11-17/h2-13,18H,1,14H2. The molecule has 0 radical (unpaired) electrons. The number of hydrogen-bond donors (Lipinski definition) is 1. The summed E-state index contributed by atoms with van der Waals surface area (Å²) in [7, 11) is 0. The Labute approximate surface area is 108 Å². The number of rotatable bonds is 5. The van der Waals surface area contributed by atoms with Crippen molar-refractivity contribution in [3.63, 3.8) is 0 Å². The summed E-state index contributed by atoms with van der Waals surface area (Å²) < 4.78 is 0. The molecule has 0 aliphatic heterocycles. The molecule has 0 saturated carbocycles. The Hall–Kier alpha value is -2.28. The van der Waals surface area contributed by atoms with Crippen molar-refractivity contribution in [1.82, 2.24) is 0 Å². The molecular weight excluding hydrogens is 218 g/mol. The third-order valence-corrected chi connectivity index (χ3v) is 2.60. The van der Waals surface area contributed by atoms with E-state index in [4.69, 9.17) is 0 Å². The quantitative estimate of drug-likeness (QED) is 0.759. The zero-order valence-corrected chi connectivity index (χ0v) is 10.3. The van der Waals surface area contributed by atoms with E-state index in [0.29, 0.717) is 0 Å². The lowest BCUT2D eigenvalue weighted by Crippen LogP contribution is -2.01. The molecular formula is C17H17N. The molecule has 1 nitrogen and oxygen atoms in total. The third-order valence-electron chi connectivity index (χ3n) is 2.60. The molecule has 0 fully saturated rings. The van der Waals surface area contributed by atoms with E-state index in [9.17, 15) is 0 Å². The number of benzene rings is 2. The highest BCUT2D eigenvalue weighted by Gasteiger charge is 1.91. The second-order valence-corrected chi connectivity index (χ2v) is 4.12. The largest absolute Gasteiger partial charge is 0.381 e. The van der Waals surface area contributed by atoms with Gasteiger partial charge in [0.25, 0.3) is 0 Å². The molecule has 0 bridgehead atoms. The fourth-order valence-electron chi connectivity index (χ4n) is 1.61. The van der Waals surface area contributed by atoms with Gasteiger partial charge >= 0.3 is 0 Å². The van der Waals surface area contributed by atoms with Crippen LogP contribution in [0.3, 0.4) is 0 Å². The molecule has 0 atom stereocenters. The molecule has 0 aliphatic carbocycles. The van der Waals surface area contributed by atoms with Gasteiger partial charge in [0.2, 0.25) is 0 Å². The summed E-state index contributed by atoms with van der Waals surface area (Å²) in [5.74, 6) is 0. The molecule has 90 valence electrons. The summed E-state index contributed by atoms with van der Waals surface area (Å²) in [6.45, 7) is 4.79. The molecule has 2 aromatic rings. The van der Waals surface area contributed by atoms with E-state index < -0.39 is 0 Å². The first-order valence-electron chi connectivity index (χ1n) is 6.04. The maximum absolute atomic E-state index is 4.04. The molecule has 2 aromatic carbocycles. The lowest BCUT2D eigenvalue weighted by molar-refractivity contribution is 1.27. The monoisotopic (exact) mass is 235 g/mol. The minimum absolute atomic E-state index is 0.757. The van der Waals surface area contributed by atoms with Crippen LogP contribution < -0.4 is 5.32 Å². The van der Waals surface area contributed by atoms with E-state index in [2.05, 4.69) is 30.1 Å². The normalized spacial score (nSPS) is 10.4. The van der Waals surface area contributed by atoms with E-state index in [1.165, 1.54) is 5.56 Å². The number of para-hydroxylation sites is 1. The molecule has 0 heterocycles. The predicted octanol–water partition coefficient (Wildman–Crippen LogP) is 4.37. The SMILES string of the molecule is C=C(C=Cc1ccccc1)CNc1ccccc1. The molecule has 0 aliphatic rings. The van der Waals surface area contributed by atoms with Gasteiger partial charge in [-0.05, 0) is 23.3 Å². The average Bonchev–Trinajstić information content (AvgIpc) is 2.45. The van der Waals surface area contributed by atoms with Crippen LogP contribution in [-0.4, -0.2) is 6.54 Å². The van der Waals surface area contributed by atoms with E-state index in [1.807, 2.05) is 54.6 Å². The first-order chi connectivity index (χ1) is 8.84. The topological polar surface area (TPSA) is 12.0 Å². The molecule has 0 saturated heterocycles. The summed E-state index contributed by atoms with van der Waals surface area (Å²) in [6, 6.07) is 20.4. The first kappa shape index (κ1) is 12.2. The summed E-state index contributed by atoms with van der Waals surface area (Å²) >= 11 is 0. The van der Waals surface area contributed by atoms with Gasteiger partial charge in [-0.3, -0.25) is 0 Å². The minimum Gasteiger partial charge on any atom is -0.381 e. The van der Waals surface area contributed by atoms with Gasteiger partial charge in [0, 0.05) is 12.2 Å². The van der Waals surface area contributed by atoms with Crippen LogP contribution in [0.5, 0.6) is 0 Å². The Morgan fingerprint density at radius 2 is 1.56 bits per heavy atom. The average molecular weight is 235 g/mol. The summed E-state index contributed by atoms with van der Waals surface area (Å²) in [5.41, 5.74) is 3.37. The Morgan fingerprint density at radius 1 is 0.944 bits per heavy atom. The maximum atomic E-state index is 4.04. The number of anilines is 1. The maximum Gasteiger partial charge on any atom is 0.0394 e. The van der Waals surface area contributed by atoms with E-state index >= 15 is 0 Å². The van der Waals surface area contributed by atoms with E-state index in [0.717, 1.165) is 17.8 Å². The van der Waals surface area contributed by atoms with Crippen LogP contribution >= 0.6 is 0 Å². The van der Waals surface area contributed by atoms with Gasteiger partial charge in [0.15, 0.2) is 0 Å². The molecule has 1 N–H and O–H groups in total. The van der Waals surface area contributed by atoms with Crippen molar-refractivity contribution in [1.29, 1.82) is 0 Å². The van der Waals surface area contributed by atoms with E-state index in [-0.39, 0.29) is 0 Å². The van der Waals surface area contributed by atoms with Crippen molar-refractivity contribution >= 4 is 11.8 Å².